The maximum atomic E-state index is 13.1. The lowest BCUT2D eigenvalue weighted by atomic mass is 10.1. The summed E-state index contributed by atoms with van der Waals surface area (Å²) in [6.07, 6.45) is 3.44. The molecule has 29 heavy (non-hydrogen) atoms. The molecule has 1 fully saturated rings. The summed E-state index contributed by atoms with van der Waals surface area (Å²) < 4.78 is 5.82. The van der Waals surface area contributed by atoms with Crippen molar-refractivity contribution in [2.24, 2.45) is 0 Å². The Balaban J connectivity index is 1.73. The van der Waals surface area contributed by atoms with E-state index < -0.39 is 0 Å². The van der Waals surface area contributed by atoms with Crippen molar-refractivity contribution in [3.05, 3.63) is 46.9 Å². The summed E-state index contributed by atoms with van der Waals surface area (Å²) in [4.78, 5) is 30.7. The molecule has 1 aliphatic heterocycles. The number of aromatic nitrogens is 4. The largest absolute Gasteiger partial charge is 0.476 e. The van der Waals surface area contributed by atoms with E-state index in [9.17, 15) is 4.79 Å². The summed E-state index contributed by atoms with van der Waals surface area (Å²) in [6, 6.07) is 7.44. The Kier molecular flexibility index (Phi) is 4.40. The normalized spacial score (nSPS) is 14.6. The first-order valence-electron chi connectivity index (χ1n) is 9.83. The lowest BCUT2D eigenvalue weighted by Gasteiger charge is -2.28. The first-order chi connectivity index (χ1) is 14.2. The van der Waals surface area contributed by atoms with Crippen LogP contribution in [0.3, 0.4) is 0 Å². The Hall–Kier alpha value is -3.39. The molecular weight excluding hydrogens is 368 g/mol. The van der Waals surface area contributed by atoms with Crippen LogP contribution in [0.2, 0.25) is 0 Å². The number of pyridine rings is 1. The molecular formula is C21H22N6O2. The molecule has 148 valence electrons. The second-order valence-corrected chi connectivity index (χ2v) is 7.04. The molecule has 8 nitrogen and oxygen atoms in total. The molecule has 0 bridgehead atoms. The van der Waals surface area contributed by atoms with Gasteiger partial charge in [0.2, 0.25) is 11.8 Å². The number of nitrogens with zero attached hydrogens (tertiary/aromatic N) is 3. The van der Waals surface area contributed by atoms with E-state index in [-0.39, 0.29) is 5.43 Å². The summed E-state index contributed by atoms with van der Waals surface area (Å²) in [5.74, 6) is 1.23. The Bertz CT molecular complexity index is 1220. The van der Waals surface area contributed by atoms with Gasteiger partial charge in [-0.05, 0) is 42.3 Å². The predicted molar refractivity (Wildman–Crippen MR) is 114 cm³/mol. The number of anilines is 1. The van der Waals surface area contributed by atoms with Gasteiger partial charge in [0, 0.05) is 38.6 Å². The predicted octanol–water partition coefficient (Wildman–Crippen LogP) is 2.27. The maximum absolute atomic E-state index is 13.1. The van der Waals surface area contributed by atoms with E-state index >= 15 is 0 Å². The second kappa shape index (κ2) is 7.21. The fraction of sp³-hybridized carbons (Fsp3) is 0.286. The zero-order chi connectivity index (χ0) is 19.8. The van der Waals surface area contributed by atoms with Gasteiger partial charge in [-0.3, -0.25) is 9.78 Å². The van der Waals surface area contributed by atoms with Crippen LogP contribution in [-0.4, -0.2) is 52.7 Å². The van der Waals surface area contributed by atoms with Crippen LogP contribution in [0.25, 0.3) is 33.1 Å². The zero-order valence-electron chi connectivity index (χ0n) is 16.2. The summed E-state index contributed by atoms with van der Waals surface area (Å²) in [6.45, 7) is 5.91. The van der Waals surface area contributed by atoms with E-state index in [1.54, 1.807) is 18.5 Å². The highest BCUT2D eigenvalue weighted by Crippen LogP contribution is 2.31. The standard InChI is InChI=1S/C21H22N6O2/c1-2-29-20-19-18(25-21(26-20)27-9-7-23-8-10-27)17-15(24-19)11-14(12-16(17)28)13-3-5-22-6-4-13/h3-6,11-12,23-24H,2,7-10H2,1H3,(H,25,26). The van der Waals surface area contributed by atoms with Crippen LogP contribution in [-0.2, 0) is 0 Å². The molecule has 8 heteroatoms. The van der Waals surface area contributed by atoms with E-state index in [1.165, 1.54) is 0 Å². The molecule has 0 unspecified atom stereocenters. The molecule has 0 saturated carbocycles. The van der Waals surface area contributed by atoms with Crippen molar-refractivity contribution in [2.45, 2.75) is 6.92 Å². The van der Waals surface area contributed by atoms with Crippen LogP contribution >= 0.6 is 0 Å². The minimum atomic E-state index is -0.0447. The van der Waals surface area contributed by atoms with Crippen molar-refractivity contribution in [3.63, 3.8) is 0 Å². The van der Waals surface area contributed by atoms with Gasteiger partial charge in [-0.25, -0.2) is 0 Å². The number of rotatable bonds is 4. The molecule has 3 N–H and O–H groups in total. The van der Waals surface area contributed by atoms with Crippen LogP contribution < -0.4 is 20.4 Å². The van der Waals surface area contributed by atoms with Crippen LogP contribution in [0, 0.1) is 0 Å². The highest BCUT2D eigenvalue weighted by molar-refractivity contribution is 6.07. The highest BCUT2D eigenvalue weighted by atomic mass is 16.5. The number of hydrogen-bond acceptors (Lipinski definition) is 6. The number of ether oxygens (including phenoxy) is 1. The highest BCUT2D eigenvalue weighted by Gasteiger charge is 2.20. The Morgan fingerprint density at radius 3 is 2.62 bits per heavy atom. The molecule has 3 aromatic heterocycles. The monoisotopic (exact) mass is 390 g/mol. The second-order valence-electron chi connectivity index (χ2n) is 7.04. The summed E-state index contributed by atoms with van der Waals surface area (Å²) in [7, 11) is 0. The maximum Gasteiger partial charge on any atom is 0.243 e. The molecule has 0 amide bonds. The molecule has 0 aliphatic carbocycles. The lowest BCUT2D eigenvalue weighted by Crippen LogP contribution is -2.44. The van der Waals surface area contributed by atoms with Gasteiger partial charge >= 0.3 is 0 Å². The van der Waals surface area contributed by atoms with Crippen molar-refractivity contribution in [1.82, 2.24) is 25.3 Å². The Morgan fingerprint density at radius 2 is 1.86 bits per heavy atom. The van der Waals surface area contributed by atoms with E-state index in [4.69, 9.17) is 9.72 Å². The van der Waals surface area contributed by atoms with E-state index in [0.29, 0.717) is 23.4 Å². The van der Waals surface area contributed by atoms with Gasteiger partial charge < -0.3 is 24.9 Å². The summed E-state index contributed by atoms with van der Waals surface area (Å²) in [5.41, 5.74) is 3.96. The lowest BCUT2D eigenvalue weighted by molar-refractivity contribution is 0.330. The average molecular weight is 390 g/mol. The van der Waals surface area contributed by atoms with E-state index in [2.05, 4.69) is 25.2 Å². The first-order valence-corrected chi connectivity index (χ1v) is 9.83. The smallest absolute Gasteiger partial charge is 0.243 e. The molecule has 4 heterocycles. The molecule has 1 aromatic carbocycles. The van der Waals surface area contributed by atoms with Gasteiger partial charge in [0.1, 0.15) is 5.52 Å². The molecule has 5 rings (SSSR count). The Labute approximate surface area is 166 Å². The topological polar surface area (TPSA) is 98.9 Å². The van der Waals surface area contributed by atoms with Gasteiger partial charge in [-0.1, -0.05) is 0 Å². The van der Waals surface area contributed by atoms with Crippen LogP contribution in [0.4, 0.5) is 5.95 Å². The molecule has 0 radical (unpaired) electrons. The van der Waals surface area contributed by atoms with Gasteiger partial charge in [-0.2, -0.15) is 4.98 Å². The van der Waals surface area contributed by atoms with Crippen molar-refractivity contribution in [2.75, 3.05) is 37.7 Å². The van der Waals surface area contributed by atoms with E-state index in [1.807, 2.05) is 25.1 Å². The third-order valence-corrected chi connectivity index (χ3v) is 5.23. The first kappa shape index (κ1) is 17.7. The molecule has 1 saturated heterocycles. The number of nitrogens with one attached hydrogen (secondary N) is 3. The van der Waals surface area contributed by atoms with Gasteiger partial charge in [0.05, 0.1) is 23.0 Å². The summed E-state index contributed by atoms with van der Waals surface area (Å²) >= 11 is 0. The van der Waals surface area contributed by atoms with Crippen molar-refractivity contribution >= 4 is 27.9 Å². The third-order valence-electron chi connectivity index (χ3n) is 5.23. The number of piperazine rings is 1. The third kappa shape index (κ3) is 3.11. The number of H-pyrrole nitrogens is 2. The SMILES string of the molecule is CCOc1nc(N2CCNCC2)[nH]c2c1[nH]c1cc(-c3ccncc3)cc(=O)c12. The van der Waals surface area contributed by atoms with Gasteiger partial charge in [-0.15, -0.1) is 0 Å². The summed E-state index contributed by atoms with van der Waals surface area (Å²) in [5, 5.41) is 3.96. The van der Waals surface area contributed by atoms with Crippen LogP contribution in [0.1, 0.15) is 6.92 Å². The van der Waals surface area contributed by atoms with E-state index in [0.717, 1.165) is 54.3 Å². The molecule has 0 atom stereocenters. The average Bonchev–Trinajstić information content (AvgIpc) is 3.14. The fourth-order valence-electron chi connectivity index (χ4n) is 3.85. The van der Waals surface area contributed by atoms with Gasteiger partial charge in [0.15, 0.2) is 5.43 Å². The van der Waals surface area contributed by atoms with Gasteiger partial charge in [0.25, 0.3) is 0 Å². The number of benzene rings is 1. The van der Waals surface area contributed by atoms with Crippen LogP contribution in [0.5, 0.6) is 5.88 Å². The van der Waals surface area contributed by atoms with Crippen molar-refractivity contribution in [1.29, 1.82) is 0 Å². The quantitative estimate of drug-likeness (QED) is 0.494. The van der Waals surface area contributed by atoms with Crippen molar-refractivity contribution < 1.29 is 4.74 Å². The molecule has 1 aliphatic rings. The Morgan fingerprint density at radius 1 is 1.07 bits per heavy atom. The molecule has 4 aromatic rings. The number of aromatic amines is 2. The molecule has 0 spiro atoms. The number of fused-ring (bicyclic) bond motifs is 3. The minimum Gasteiger partial charge on any atom is -0.476 e. The minimum absolute atomic E-state index is 0.0447. The zero-order valence-corrected chi connectivity index (χ0v) is 16.2. The number of hydrogen-bond donors (Lipinski definition) is 3. The fourth-order valence-corrected chi connectivity index (χ4v) is 3.85. The van der Waals surface area contributed by atoms with Crippen LogP contribution in [0.15, 0.2) is 41.5 Å². The van der Waals surface area contributed by atoms with Crippen molar-refractivity contribution in [3.8, 4) is 17.0 Å².